The maximum Gasteiger partial charge on any atom is 0.411 e. The van der Waals surface area contributed by atoms with E-state index < -0.39 is 29.3 Å². The highest BCUT2D eigenvalue weighted by Gasteiger charge is 2.52. The molecule has 0 aliphatic carbocycles. The number of carbonyl (C=O) groups excluding carboxylic acids is 2. The molecule has 0 spiro atoms. The average Bonchev–Trinajstić information content (AvgIpc) is 3.01. The molecule has 1 fully saturated rings. The van der Waals surface area contributed by atoms with E-state index in [9.17, 15) is 14.7 Å². The molecule has 1 aromatic rings. The van der Waals surface area contributed by atoms with Gasteiger partial charge in [0.05, 0.1) is 16.0 Å². The lowest BCUT2D eigenvalue weighted by molar-refractivity contribution is -0.138. The van der Waals surface area contributed by atoms with E-state index in [1.165, 1.54) is 16.2 Å². The molecule has 1 saturated heterocycles. The van der Waals surface area contributed by atoms with Gasteiger partial charge in [0.1, 0.15) is 22.3 Å². The number of aliphatic hydroxyl groups is 1. The summed E-state index contributed by atoms with van der Waals surface area (Å²) >= 11 is 1.30. The number of thiazole rings is 1. The standard InChI is InChI=1S/C14H21N2O5PS/c1-8-6-23-11(15-8)14(19)5-9(10(17)21-22)16(7-14)12(18)20-13(2,3)4/h6,9,19H,5,7,22H2,1-4H3/t9?,14-/m0/s1. The van der Waals surface area contributed by atoms with Crippen molar-refractivity contribution in [1.82, 2.24) is 9.88 Å². The topological polar surface area (TPSA) is 89.0 Å². The van der Waals surface area contributed by atoms with Gasteiger partial charge in [0, 0.05) is 17.5 Å². The molecule has 0 radical (unpaired) electrons. The van der Waals surface area contributed by atoms with Gasteiger partial charge in [-0.25, -0.2) is 14.6 Å². The van der Waals surface area contributed by atoms with Gasteiger partial charge in [-0.1, -0.05) is 0 Å². The number of aromatic nitrogens is 1. The first-order chi connectivity index (χ1) is 10.6. The van der Waals surface area contributed by atoms with Crippen molar-refractivity contribution in [3.63, 3.8) is 0 Å². The molecule has 0 aromatic carbocycles. The summed E-state index contributed by atoms with van der Waals surface area (Å²) in [6.07, 6.45) is -0.644. The third kappa shape index (κ3) is 4.00. The monoisotopic (exact) mass is 360 g/mol. The Balaban J connectivity index is 2.29. The van der Waals surface area contributed by atoms with E-state index in [0.29, 0.717) is 5.01 Å². The number of ether oxygens (including phenoxy) is 1. The average molecular weight is 360 g/mol. The highest BCUT2D eigenvalue weighted by molar-refractivity contribution is 7.10. The maximum absolute atomic E-state index is 12.4. The molecular weight excluding hydrogens is 339 g/mol. The third-order valence-corrected chi connectivity index (χ3v) is 4.76. The minimum Gasteiger partial charge on any atom is -0.450 e. The Morgan fingerprint density at radius 1 is 1.52 bits per heavy atom. The fourth-order valence-electron chi connectivity index (χ4n) is 2.41. The molecule has 1 aromatic heterocycles. The van der Waals surface area contributed by atoms with Crippen molar-refractivity contribution in [3.05, 3.63) is 16.1 Å². The minimum absolute atomic E-state index is 0.0203. The maximum atomic E-state index is 12.4. The number of β-amino-alcohol motifs (C(OH)–C–C–N with tert-alkyl or cyclic N) is 1. The number of carbonyl (C=O) groups is 2. The summed E-state index contributed by atoms with van der Waals surface area (Å²) in [6, 6.07) is -0.920. The van der Waals surface area contributed by atoms with Gasteiger partial charge in [0.2, 0.25) is 0 Å². The molecule has 0 saturated carbocycles. The Bertz CT molecular complexity index is 615. The van der Waals surface area contributed by atoms with Crippen LogP contribution in [0.3, 0.4) is 0 Å². The first-order valence-corrected chi connectivity index (χ1v) is 8.46. The van der Waals surface area contributed by atoms with Crippen LogP contribution < -0.4 is 0 Å². The van der Waals surface area contributed by atoms with Gasteiger partial charge in [-0.15, -0.1) is 11.3 Å². The van der Waals surface area contributed by atoms with Gasteiger partial charge in [0.15, 0.2) is 0 Å². The van der Waals surface area contributed by atoms with Crippen LogP contribution in [0.15, 0.2) is 5.38 Å². The molecule has 1 amide bonds. The molecule has 2 rings (SSSR count). The van der Waals surface area contributed by atoms with Crippen molar-refractivity contribution < 1.29 is 24.0 Å². The van der Waals surface area contributed by atoms with E-state index in [1.807, 2.05) is 21.8 Å². The minimum atomic E-state index is -1.39. The van der Waals surface area contributed by atoms with Gasteiger partial charge in [-0.05, 0) is 27.7 Å². The summed E-state index contributed by atoms with van der Waals surface area (Å²) in [5.74, 6) is -0.620. The normalized spacial score (nSPS) is 24.6. The van der Waals surface area contributed by atoms with E-state index in [2.05, 4.69) is 9.51 Å². The van der Waals surface area contributed by atoms with Crippen LogP contribution in [-0.4, -0.2) is 45.2 Å². The Morgan fingerprint density at radius 2 is 2.17 bits per heavy atom. The van der Waals surface area contributed by atoms with Gasteiger partial charge in [-0.3, -0.25) is 4.90 Å². The van der Waals surface area contributed by atoms with E-state index in [-0.39, 0.29) is 13.0 Å². The smallest absolute Gasteiger partial charge is 0.411 e. The largest absolute Gasteiger partial charge is 0.450 e. The molecule has 1 N–H and O–H groups in total. The van der Waals surface area contributed by atoms with Crippen LogP contribution in [0.1, 0.15) is 37.9 Å². The lowest BCUT2D eigenvalue weighted by atomic mass is 10.0. The molecule has 2 heterocycles. The second-order valence-corrected chi connectivity index (χ2v) is 7.68. The van der Waals surface area contributed by atoms with E-state index >= 15 is 0 Å². The van der Waals surface area contributed by atoms with Crippen LogP contribution in [0.4, 0.5) is 4.79 Å². The Hall–Kier alpha value is -1.24. The Labute approximate surface area is 141 Å². The van der Waals surface area contributed by atoms with Gasteiger partial charge in [-0.2, -0.15) is 0 Å². The van der Waals surface area contributed by atoms with E-state index in [4.69, 9.17) is 4.74 Å². The highest BCUT2D eigenvalue weighted by atomic mass is 32.1. The van der Waals surface area contributed by atoms with Crippen LogP contribution in [0.2, 0.25) is 0 Å². The van der Waals surface area contributed by atoms with Crippen LogP contribution in [-0.2, 0) is 19.7 Å². The Morgan fingerprint density at radius 3 is 2.65 bits per heavy atom. The zero-order valence-electron chi connectivity index (χ0n) is 13.5. The molecule has 0 bridgehead atoms. The number of rotatable bonds is 2. The lowest BCUT2D eigenvalue weighted by Gasteiger charge is -2.27. The van der Waals surface area contributed by atoms with Crippen LogP contribution in [0.25, 0.3) is 0 Å². The summed E-state index contributed by atoms with van der Waals surface area (Å²) in [5, 5.41) is 13.2. The fourth-order valence-corrected chi connectivity index (χ4v) is 3.47. The van der Waals surface area contributed by atoms with Crippen LogP contribution in [0.5, 0.6) is 0 Å². The van der Waals surface area contributed by atoms with Gasteiger partial charge < -0.3 is 14.4 Å². The van der Waals surface area contributed by atoms with Crippen molar-refractivity contribution in [1.29, 1.82) is 0 Å². The molecule has 128 valence electrons. The molecular formula is C14H21N2O5PS. The quantitative estimate of drug-likeness (QED) is 0.812. The second kappa shape index (κ2) is 6.34. The van der Waals surface area contributed by atoms with Crippen molar-refractivity contribution in [2.24, 2.45) is 0 Å². The summed E-state index contributed by atoms with van der Waals surface area (Å²) in [4.78, 5) is 29.9. The number of likely N-dealkylation sites (tertiary alicyclic amines) is 1. The molecule has 9 heteroatoms. The zero-order chi connectivity index (χ0) is 17.4. The van der Waals surface area contributed by atoms with E-state index in [1.54, 1.807) is 20.8 Å². The molecule has 7 nitrogen and oxygen atoms in total. The van der Waals surface area contributed by atoms with Crippen LogP contribution in [0, 0.1) is 6.92 Å². The first kappa shape index (κ1) is 18.1. The predicted octanol–water partition coefficient (Wildman–Crippen LogP) is 1.98. The Kier molecular flexibility index (Phi) is 4.99. The molecule has 2 unspecified atom stereocenters. The van der Waals surface area contributed by atoms with Crippen molar-refractivity contribution in [3.8, 4) is 0 Å². The second-order valence-electron chi connectivity index (χ2n) is 6.59. The van der Waals surface area contributed by atoms with Crippen molar-refractivity contribution in [2.45, 2.75) is 51.4 Å². The van der Waals surface area contributed by atoms with Gasteiger partial charge >= 0.3 is 12.1 Å². The van der Waals surface area contributed by atoms with Crippen LogP contribution >= 0.6 is 20.8 Å². The summed E-state index contributed by atoms with van der Waals surface area (Å²) < 4.78 is 10.0. The molecule has 1 aliphatic heterocycles. The van der Waals surface area contributed by atoms with Crippen molar-refractivity contribution >= 4 is 32.9 Å². The summed E-state index contributed by atoms with van der Waals surface area (Å²) in [5.41, 5.74) is -1.32. The molecule has 1 aliphatic rings. The van der Waals surface area contributed by atoms with Gasteiger partial charge in [0.25, 0.3) is 0 Å². The molecule has 3 atom stereocenters. The molecule has 23 heavy (non-hydrogen) atoms. The van der Waals surface area contributed by atoms with Crippen molar-refractivity contribution in [2.75, 3.05) is 6.54 Å². The summed E-state index contributed by atoms with van der Waals surface area (Å²) in [6.45, 7) is 6.96. The number of hydrogen-bond donors (Lipinski definition) is 1. The highest BCUT2D eigenvalue weighted by Crippen LogP contribution is 2.38. The SMILES string of the molecule is Cc1csc([C@]2(O)CC(C(=O)OP)N(C(=O)OC(C)(C)C)C2)n1. The summed E-state index contributed by atoms with van der Waals surface area (Å²) in [7, 11) is 1.87. The third-order valence-electron chi connectivity index (χ3n) is 3.37. The number of amides is 1. The first-order valence-electron chi connectivity index (χ1n) is 7.11. The lowest BCUT2D eigenvalue weighted by Crippen LogP contribution is -2.44. The number of aryl methyl sites for hydroxylation is 1. The zero-order valence-corrected chi connectivity index (χ0v) is 15.5. The number of nitrogens with zero attached hydrogens (tertiary/aromatic N) is 2. The van der Waals surface area contributed by atoms with E-state index in [0.717, 1.165) is 5.69 Å². The number of hydrogen-bond acceptors (Lipinski definition) is 7. The predicted molar refractivity (Wildman–Crippen MR) is 87.9 cm³/mol. The fraction of sp³-hybridized carbons (Fsp3) is 0.643.